The van der Waals surface area contributed by atoms with Crippen LogP contribution in [0.1, 0.15) is 6.42 Å². The first kappa shape index (κ1) is 21.7. The van der Waals surface area contributed by atoms with Crippen LogP contribution in [-0.4, -0.2) is 85.5 Å². The summed E-state index contributed by atoms with van der Waals surface area (Å²) in [5, 5.41) is 32.8. The molecule has 2 aromatic rings. The molecule has 5 N–H and O–H groups in total. The van der Waals surface area contributed by atoms with Crippen molar-refractivity contribution in [2.24, 2.45) is 0 Å². The van der Waals surface area contributed by atoms with Crippen LogP contribution < -0.4 is 5.73 Å². The molecule has 0 radical (unpaired) electrons. The van der Waals surface area contributed by atoms with Gasteiger partial charge in [0.1, 0.15) is 31.0 Å². The van der Waals surface area contributed by atoms with Crippen molar-refractivity contribution in [2.75, 3.05) is 18.6 Å². The zero-order valence-electron chi connectivity index (χ0n) is 16.1. The number of hydrogen-bond donors (Lipinski definition) is 3. The second-order valence-corrected chi connectivity index (χ2v) is 7.82. The Labute approximate surface area is 172 Å². The smallest absolute Gasteiger partial charge is 0.364 e. The van der Waals surface area contributed by atoms with E-state index in [4.69, 9.17) is 9.47 Å². The van der Waals surface area contributed by atoms with E-state index in [0.717, 1.165) is 11.3 Å². The number of esters is 1. The Kier molecular flexibility index (Phi) is 7.56. The average Bonchev–Trinajstić information content (AvgIpc) is 3.31. The fraction of sp³-hybridized carbons (Fsp3) is 0.556. The molecule has 1 aromatic heterocycles. The molecule has 0 unspecified atom stereocenters. The molecule has 10 nitrogen and oxygen atoms in total. The van der Waals surface area contributed by atoms with E-state index < -0.39 is 36.4 Å². The van der Waals surface area contributed by atoms with Crippen LogP contribution in [0.4, 0.5) is 0 Å². The predicted molar refractivity (Wildman–Crippen MR) is 105 cm³/mol. The molecule has 0 spiro atoms. The van der Waals surface area contributed by atoms with Crippen molar-refractivity contribution < 1.29 is 30.2 Å². The first-order chi connectivity index (χ1) is 14.0. The number of carbonyl (C=O) groups is 1. The van der Waals surface area contributed by atoms with Crippen LogP contribution in [0.25, 0.3) is 11.4 Å². The number of benzene rings is 1. The lowest BCUT2D eigenvalue weighted by molar-refractivity contribution is -0.408. The molecule has 3 rings (SSSR count). The molecule has 1 fully saturated rings. The summed E-state index contributed by atoms with van der Waals surface area (Å²) in [5.74, 6) is 0.816. The Bertz CT molecular complexity index is 792. The van der Waals surface area contributed by atoms with Gasteiger partial charge < -0.3 is 25.4 Å². The summed E-state index contributed by atoms with van der Waals surface area (Å²) in [6.07, 6.45) is -1.35. The molecule has 1 saturated heterocycles. The Morgan fingerprint density at radius 2 is 2.03 bits per heavy atom. The summed E-state index contributed by atoms with van der Waals surface area (Å²) in [4.78, 5) is 13.3. The van der Waals surface area contributed by atoms with Gasteiger partial charge in [-0.25, -0.2) is 4.79 Å². The topological polar surface area (TPSA) is 147 Å². The summed E-state index contributed by atoms with van der Waals surface area (Å²) in [6.45, 7) is -0.0485. The number of aliphatic hydroxyl groups excluding tert-OH is 2. The third-order valence-corrected chi connectivity index (χ3v) is 5.33. The van der Waals surface area contributed by atoms with Crippen LogP contribution in [0, 0.1) is 0 Å². The molecule has 1 aromatic carbocycles. The van der Waals surface area contributed by atoms with Gasteiger partial charge in [-0.05, 0) is 17.2 Å². The standard InChI is InChI=1S/C18H25N5O5S/c1-29-8-7-12(19)18(26)27-10-14-16(25)15(24)13(28-14)9-23-21-17(20-22-23)11-5-3-2-4-6-11/h2-6,12-16,24-25H,7-10,19H2,1H3/p+1/t12-,13-,14+,15-,16+/m0/s1. The van der Waals surface area contributed by atoms with Crippen LogP contribution in [0.5, 0.6) is 0 Å². The third kappa shape index (κ3) is 5.52. The highest BCUT2D eigenvalue weighted by molar-refractivity contribution is 7.98. The average molecular weight is 425 g/mol. The Morgan fingerprint density at radius 3 is 2.76 bits per heavy atom. The van der Waals surface area contributed by atoms with Crippen molar-refractivity contribution in [2.45, 2.75) is 43.4 Å². The molecule has 1 aliphatic rings. The van der Waals surface area contributed by atoms with Gasteiger partial charge in [-0.15, -0.1) is 10.2 Å². The van der Waals surface area contributed by atoms with Crippen LogP contribution in [-0.2, 0) is 20.8 Å². The SMILES string of the molecule is CSCC[C@H]([NH3+])C(=O)OC[C@H]1O[C@@H](Cn2nnc(-c3ccccc3)n2)[C@H](O)[C@@H]1O. The Balaban J connectivity index is 1.53. The van der Waals surface area contributed by atoms with E-state index >= 15 is 0 Å². The van der Waals surface area contributed by atoms with Gasteiger partial charge in [-0.3, -0.25) is 0 Å². The summed E-state index contributed by atoms with van der Waals surface area (Å²) in [6, 6.07) is 8.90. The lowest BCUT2D eigenvalue weighted by atomic mass is 10.1. The molecule has 0 aliphatic carbocycles. The van der Waals surface area contributed by atoms with E-state index in [1.54, 1.807) is 11.8 Å². The Hall–Kier alpha value is -2.05. The second kappa shape index (κ2) is 10.1. The minimum atomic E-state index is -1.18. The number of aliphatic hydroxyl groups is 2. The summed E-state index contributed by atoms with van der Waals surface area (Å²) >= 11 is 1.63. The van der Waals surface area contributed by atoms with Gasteiger partial charge in [0.25, 0.3) is 0 Å². The maximum Gasteiger partial charge on any atom is 0.364 e. The summed E-state index contributed by atoms with van der Waals surface area (Å²) < 4.78 is 10.9. The van der Waals surface area contributed by atoms with Crippen molar-refractivity contribution in [3.8, 4) is 11.4 Å². The van der Waals surface area contributed by atoms with Crippen LogP contribution >= 0.6 is 11.8 Å². The summed E-state index contributed by atoms with van der Waals surface area (Å²) in [7, 11) is 0. The van der Waals surface area contributed by atoms with E-state index in [0.29, 0.717) is 12.2 Å². The largest absolute Gasteiger partial charge is 0.458 e. The van der Waals surface area contributed by atoms with E-state index in [-0.39, 0.29) is 13.2 Å². The second-order valence-electron chi connectivity index (χ2n) is 6.84. The highest BCUT2D eigenvalue weighted by Gasteiger charge is 2.44. The quantitative estimate of drug-likeness (QED) is 0.419. The fourth-order valence-electron chi connectivity index (χ4n) is 2.96. The van der Waals surface area contributed by atoms with Crippen LogP contribution in [0.3, 0.4) is 0 Å². The molecule has 2 heterocycles. The Morgan fingerprint density at radius 1 is 1.31 bits per heavy atom. The van der Waals surface area contributed by atoms with Gasteiger partial charge in [0.2, 0.25) is 5.82 Å². The molecular weight excluding hydrogens is 398 g/mol. The lowest BCUT2D eigenvalue weighted by Gasteiger charge is -2.15. The zero-order chi connectivity index (χ0) is 20.8. The highest BCUT2D eigenvalue weighted by atomic mass is 32.2. The molecule has 0 bridgehead atoms. The molecule has 158 valence electrons. The number of thioether (sulfide) groups is 1. The van der Waals surface area contributed by atoms with E-state index in [2.05, 4.69) is 21.1 Å². The van der Waals surface area contributed by atoms with E-state index in [1.807, 2.05) is 36.6 Å². The highest BCUT2D eigenvalue weighted by Crippen LogP contribution is 2.23. The molecule has 1 aliphatic heterocycles. The number of rotatable bonds is 9. The molecule has 29 heavy (non-hydrogen) atoms. The lowest BCUT2D eigenvalue weighted by Crippen LogP contribution is -2.65. The van der Waals surface area contributed by atoms with Gasteiger partial charge >= 0.3 is 5.97 Å². The number of carbonyl (C=O) groups excluding carboxylic acids is 1. The van der Waals surface area contributed by atoms with Gasteiger partial charge in [-0.2, -0.15) is 16.6 Å². The minimum absolute atomic E-state index is 0.105. The van der Waals surface area contributed by atoms with Gasteiger partial charge in [-0.1, -0.05) is 30.3 Å². The molecular formula is C18H26N5O5S+. The fourth-order valence-corrected chi connectivity index (χ4v) is 3.48. The predicted octanol–water partition coefficient (Wildman–Crippen LogP) is -1.26. The van der Waals surface area contributed by atoms with Gasteiger partial charge in [0.15, 0.2) is 6.04 Å². The van der Waals surface area contributed by atoms with E-state index in [1.165, 1.54) is 4.80 Å². The van der Waals surface area contributed by atoms with Crippen molar-refractivity contribution >= 4 is 17.7 Å². The number of ether oxygens (including phenoxy) is 2. The molecule has 11 heteroatoms. The summed E-state index contributed by atoms with van der Waals surface area (Å²) in [5.41, 5.74) is 4.61. The number of hydrogen-bond acceptors (Lipinski definition) is 9. The molecule has 0 amide bonds. The maximum atomic E-state index is 12.0. The zero-order valence-corrected chi connectivity index (χ0v) is 16.9. The number of aromatic nitrogens is 4. The monoisotopic (exact) mass is 424 g/mol. The molecule has 0 saturated carbocycles. The first-order valence-corrected chi connectivity index (χ1v) is 10.7. The first-order valence-electron chi connectivity index (χ1n) is 9.33. The minimum Gasteiger partial charge on any atom is -0.458 e. The maximum absolute atomic E-state index is 12.0. The van der Waals surface area contributed by atoms with Crippen LogP contribution in [0.2, 0.25) is 0 Å². The number of nitrogens with zero attached hydrogens (tertiary/aromatic N) is 4. The van der Waals surface area contributed by atoms with Crippen LogP contribution in [0.15, 0.2) is 30.3 Å². The van der Waals surface area contributed by atoms with Crippen molar-refractivity contribution in [1.82, 2.24) is 20.2 Å². The van der Waals surface area contributed by atoms with Gasteiger partial charge in [0.05, 0.1) is 6.54 Å². The third-order valence-electron chi connectivity index (χ3n) is 4.68. The normalized spacial score (nSPS) is 25.1. The van der Waals surface area contributed by atoms with E-state index in [9.17, 15) is 15.0 Å². The number of tetrazole rings is 1. The van der Waals surface area contributed by atoms with Crippen molar-refractivity contribution in [3.63, 3.8) is 0 Å². The van der Waals surface area contributed by atoms with Gasteiger partial charge in [0, 0.05) is 12.0 Å². The van der Waals surface area contributed by atoms with Crippen molar-refractivity contribution in [1.29, 1.82) is 0 Å². The molecule has 5 atom stereocenters. The van der Waals surface area contributed by atoms with Crippen molar-refractivity contribution in [3.05, 3.63) is 30.3 Å². The number of quaternary nitrogens is 1.